The molecule has 0 radical (unpaired) electrons. The van der Waals surface area contributed by atoms with E-state index in [0.29, 0.717) is 6.54 Å². The molecule has 0 saturated heterocycles. The number of benzene rings is 1. The smallest absolute Gasteiger partial charge is 0.300 e. The van der Waals surface area contributed by atoms with E-state index in [1.54, 1.807) is 0 Å². The predicted molar refractivity (Wildman–Crippen MR) is 59.8 cm³/mol. The first-order valence-electron chi connectivity index (χ1n) is 4.92. The van der Waals surface area contributed by atoms with Crippen molar-refractivity contribution in [2.24, 2.45) is 0 Å². The number of hydrogen-bond acceptors (Lipinski definition) is 4. The molecular weight excluding hydrogens is 288 g/mol. The van der Waals surface area contributed by atoms with Gasteiger partial charge in [-0.25, -0.2) is 0 Å². The van der Waals surface area contributed by atoms with Gasteiger partial charge >= 0.3 is 5.69 Å². The summed E-state index contributed by atoms with van der Waals surface area (Å²) in [6.07, 6.45) is 0. The number of hydrogen-bond donors (Lipinski definition) is 0. The molecule has 2 aromatic rings. The number of ketones is 1. The van der Waals surface area contributed by atoms with Gasteiger partial charge in [0.2, 0.25) is 12.3 Å². The molecule has 0 bridgehead atoms. The van der Waals surface area contributed by atoms with Crippen LogP contribution < -0.4 is 9.79 Å². The largest absolute Gasteiger partial charge is 0.539 e. The molecule has 0 atom stereocenters. The number of carbonyl (C=O) groups is 1. The van der Waals surface area contributed by atoms with Gasteiger partial charge in [-0.3, -0.25) is 4.79 Å². The Kier molecular flexibility index (Phi) is 3.53. The van der Waals surface area contributed by atoms with Crippen LogP contribution in [-0.2, 0) is 6.54 Å². The molecule has 88 valence electrons. The minimum Gasteiger partial charge on any atom is -0.539 e. The lowest BCUT2D eigenvalue weighted by molar-refractivity contribution is -0.756. The van der Waals surface area contributed by atoms with Crippen LogP contribution in [-0.4, -0.2) is 16.4 Å². The Labute approximate surface area is 106 Å². The second kappa shape index (κ2) is 5.09. The van der Waals surface area contributed by atoms with Gasteiger partial charge < -0.3 is 9.63 Å². The van der Waals surface area contributed by atoms with E-state index in [2.05, 4.69) is 25.7 Å². The molecular formula is C11H9BrN2O3. The van der Waals surface area contributed by atoms with E-state index in [0.717, 1.165) is 5.56 Å². The number of rotatable bonds is 4. The van der Waals surface area contributed by atoms with Crippen molar-refractivity contribution in [3.63, 3.8) is 0 Å². The molecule has 0 unspecified atom stereocenters. The molecule has 0 spiro atoms. The molecule has 0 amide bonds. The molecule has 2 rings (SSSR count). The van der Waals surface area contributed by atoms with Crippen LogP contribution in [0.3, 0.4) is 0 Å². The van der Waals surface area contributed by atoms with Crippen molar-refractivity contribution in [3.05, 3.63) is 41.6 Å². The van der Waals surface area contributed by atoms with Gasteiger partial charge in [0.05, 0.1) is 10.6 Å². The van der Waals surface area contributed by atoms with Crippen molar-refractivity contribution in [2.45, 2.75) is 6.54 Å². The second-order valence-electron chi connectivity index (χ2n) is 3.41. The standard InChI is InChI=1S/C11H9BrN2O3/c12-6-9(15)10-11(16)17-13-14(10)7-8-4-2-1-3-5-8/h1-5H,6-7H2. The van der Waals surface area contributed by atoms with E-state index in [4.69, 9.17) is 0 Å². The zero-order chi connectivity index (χ0) is 12.3. The summed E-state index contributed by atoms with van der Waals surface area (Å²) < 4.78 is 5.79. The van der Waals surface area contributed by atoms with Crippen LogP contribution in [0.15, 0.2) is 34.9 Å². The Morgan fingerprint density at radius 2 is 2.12 bits per heavy atom. The van der Waals surface area contributed by atoms with Crippen LogP contribution in [0.2, 0.25) is 0 Å². The van der Waals surface area contributed by atoms with Crippen LogP contribution in [0.4, 0.5) is 0 Å². The predicted octanol–water partition coefficient (Wildman–Crippen LogP) is 0.662. The SMILES string of the molecule is O=C(CBr)c1c([O-])on[n+]1Cc1ccccc1. The summed E-state index contributed by atoms with van der Waals surface area (Å²) in [5.74, 6) is -1.04. The highest BCUT2D eigenvalue weighted by atomic mass is 79.9. The Hall–Kier alpha value is -1.69. The van der Waals surface area contributed by atoms with E-state index in [-0.39, 0.29) is 16.8 Å². The van der Waals surface area contributed by atoms with Gasteiger partial charge in [0.1, 0.15) is 0 Å². The van der Waals surface area contributed by atoms with Crippen LogP contribution in [0.5, 0.6) is 5.95 Å². The minimum absolute atomic E-state index is 0.0364. The van der Waals surface area contributed by atoms with E-state index in [1.165, 1.54) is 4.68 Å². The maximum Gasteiger partial charge on any atom is 0.300 e. The highest BCUT2D eigenvalue weighted by Gasteiger charge is 2.24. The first kappa shape index (κ1) is 11.8. The lowest BCUT2D eigenvalue weighted by Gasteiger charge is -1.96. The normalized spacial score (nSPS) is 10.4. The summed E-state index contributed by atoms with van der Waals surface area (Å²) in [5.41, 5.74) is 0.903. The molecule has 0 aliphatic rings. The highest BCUT2D eigenvalue weighted by Crippen LogP contribution is 2.10. The van der Waals surface area contributed by atoms with Crippen molar-refractivity contribution >= 4 is 21.7 Å². The van der Waals surface area contributed by atoms with Gasteiger partial charge in [0.15, 0.2) is 5.95 Å². The zero-order valence-electron chi connectivity index (χ0n) is 8.80. The molecule has 0 saturated carbocycles. The van der Waals surface area contributed by atoms with Crippen LogP contribution in [0.1, 0.15) is 16.1 Å². The number of halogens is 1. The van der Waals surface area contributed by atoms with Gasteiger partial charge in [-0.2, -0.15) is 0 Å². The topological polar surface area (TPSA) is 70.0 Å². The second-order valence-corrected chi connectivity index (χ2v) is 3.97. The molecule has 0 fully saturated rings. The zero-order valence-corrected chi connectivity index (χ0v) is 10.4. The Morgan fingerprint density at radius 1 is 1.41 bits per heavy atom. The molecule has 6 heteroatoms. The third-order valence-electron chi connectivity index (χ3n) is 2.23. The van der Waals surface area contributed by atoms with Gasteiger partial charge in [0.25, 0.3) is 0 Å². The van der Waals surface area contributed by atoms with Gasteiger partial charge in [-0.15, -0.1) is 0 Å². The number of carbonyl (C=O) groups excluding carboxylic acids is 1. The van der Waals surface area contributed by atoms with Gasteiger partial charge in [-0.05, 0) is 0 Å². The molecule has 1 aromatic carbocycles. The number of Topliss-reactive ketones (excluding diaryl/α,β-unsaturated/α-hetero) is 1. The Morgan fingerprint density at radius 3 is 2.76 bits per heavy atom. The third-order valence-corrected chi connectivity index (χ3v) is 2.74. The van der Waals surface area contributed by atoms with Crippen molar-refractivity contribution < 1.29 is 19.1 Å². The summed E-state index contributed by atoms with van der Waals surface area (Å²) in [7, 11) is 0. The number of nitrogens with zero attached hydrogens (tertiary/aromatic N) is 2. The van der Waals surface area contributed by atoms with Gasteiger partial charge in [0, 0.05) is 5.56 Å². The fourth-order valence-corrected chi connectivity index (χ4v) is 1.73. The van der Waals surface area contributed by atoms with Crippen LogP contribution >= 0.6 is 15.9 Å². The molecule has 0 aliphatic heterocycles. The third kappa shape index (κ3) is 2.52. The lowest BCUT2D eigenvalue weighted by atomic mass is 10.2. The molecule has 17 heavy (non-hydrogen) atoms. The highest BCUT2D eigenvalue weighted by molar-refractivity contribution is 9.09. The van der Waals surface area contributed by atoms with E-state index < -0.39 is 5.95 Å². The van der Waals surface area contributed by atoms with E-state index in [9.17, 15) is 9.90 Å². The van der Waals surface area contributed by atoms with Crippen LogP contribution in [0, 0.1) is 0 Å². The molecule has 0 aliphatic carbocycles. The molecule has 1 aromatic heterocycles. The Bertz CT molecular complexity index is 525. The maximum atomic E-state index is 11.5. The summed E-state index contributed by atoms with van der Waals surface area (Å²) in [6.45, 7) is 0.334. The fraction of sp³-hybridized carbons (Fsp3) is 0.182. The maximum absolute atomic E-state index is 11.5. The van der Waals surface area contributed by atoms with Crippen molar-refractivity contribution in [2.75, 3.05) is 5.33 Å². The quantitative estimate of drug-likeness (QED) is 0.472. The van der Waals surface area contributed by atoms with Gasteiger partial charge in [-0.1, -0.05) is 50.9 Å². The average Bonchev–Trinajstić information content (AvgIpc) is 2.71. The first-order valence-corrected chi connectivity index (χ1v) is 6.04. The van der Waals surface area contributed by atoms with E-state index >= 15 is 0 Å². The lowest BCUT2D eigenvalue weighted by Crippen LogP contribution is -2.42. The summed E-state index contributed by atoms with van der Waals surface area (Å²) >= 11 is 3.02. The van der Waals surface area contributed by atoms with Crippen molar-refractivity contribution in [1.82, 2.24) is 5.27 Å². The average molecular weight is 297 g/mol. The number of alkyl halides is 1. The minimum atomic E-state index is -0.703. The molecule has 5 nitrogen and oxygen atoms in total. The number of aromatic nitrogens is 2. The van der Waals surface area contributed by atoms with Crippen LogP contribution in [0.25, 0.3) is 0 Å². The van der Waals surface area contributed by atoms with E-state index in [1.807, 2.05) is 30.3 Å². The molecule has 1 heterocycles. The fourth-order valence-electron chi connectivity index (χ4n) is 1.46. The summed E-state index contributed by atoms with van der Waals surface area (Å²) in [6, 6.07) is 9.41. The monoisotopic (exact) mass is 296 g/mol. The van der Waals surface area contributed by atoms with Crippen molar-refractivity contribution in [3.8, 4) is 5.95 Å². The van der Waals surface area contributed by atoms with Crippen molar-refractivity contribution in [1.29, 1.82) is 0 Å². The summed E-state index contributed by atoms with van der Waals surface area (Å²) in [4.78, 5) is 11.5. The first-order chi connectivity index (χ1) is 8.22. The summed E-state index contributed by atoms with van der Waals surface area (Å²) in [5, 5.41) is 15.0. The molecule has 0 N–H and O–H groups in total. The Balaban J connectivity index is 2.31.